The number of hydrogen-bond acceptors (Lipinski definition) is 4. The molecule has 0 atom stereocenters. The second-order valence-corrected chi connectivity index (χ2v) is 6.66. The van der Waals surface area contributed by atoms with Gasteiger partial charge in [0.1, 0.15) is 5.75 Å². The maximum atomic E-state index is 11.8. The SMILES string of the molecule is NS(=O)(=O)c1ccc(CCNC(=O)Cc2ccccc2O)cc1. The number of carbonyl (C=O) groups excluding carboxylic acids is 1. The van der Waals surface area contributed by atoms with E-state index in [0.29, 0.717) is 18.5 Å². The van der Waals surface area contributed by atoms with Gasteiger partial charge in [0.05, 0.1) is 11.3 Å². The summed E-state index contributed by atoms with van der Waals surface area (Å²) >= 11 is 0. The zero-order valence-corrected chi connectivity index (χ0v) is 13.2. The minimum Gasteiger partial charge on any atom is -0.508 e. The fourth-order valence-electron chi connectivity index (χ4n) is 2.09. The predicted octanol–water partition coefficient (Wildman–Crippen LogP) is 0.941. The number of primary sulfonamides is 1. The summed E-state index contributed by atoms with van der Waals surface area (Å²) in [5.74, 6) is -0.0890. The second kappa shape index (κ2) is 7.26. The van der Waals surface area contributed by atoms with Crippen LogP contribution in [0.1, 0.15) is 11.1 Å². The molecule has 0 unspecified atom stereocenters. The molecule has 2 aromatic carbocycles. The van der Waals surface area contributed by atoms with Gasteiger partial charge in [0, 0.05) is 12.1 Å². The number of nitrogens with two attached hydrogens (primary N) is 1. The van der Waals surface area contributed by atoms with Crippen molar-refractivity contribution in [3.63, 3.8) is 0 Å². The number of aromatic hydroxyl groups is 1. The van der Waals surface area contributed by atoms with Crippen LogP contribution in [-0.2, 0) is 27.7 Å². The lowest BCUT2D eigenvalue weighted by Crippen LogP contribution is -2.27. The normalized spacial score (nSPS) is 11.2. The first kappa shape index (κ1) is 17.0. The summed E-state index contributed by atoms with van der Waals surface area (Å²) in [7, 11) is -3.69. The Morgan fingerprint density at radius 2 is 1.74 bits per heavy atom. The zero-order chi connectivity index (χ0) is 16.9. The highest BCUT2D eigenvalue weighted by Crippen LogP contribution is 2.15. The Bertz CT molecular complexity index is 786. The summed E-state index contributed by atoms with van der Waals surface area (Å²) in [5.41, 5.74) is 1.46. The quantitative estimate of drug-likeness (QED) is 0.730. The molecule has 4 N–H and O–H groups in total. The van der Waals surface area contributed by atoms with Crippen molar-refractivity contribution < 1.29 is 18.3 Å². The molecule has 0 aliphatic heterocycles. The van der Waals surface area contributed by atoms with E-state index < -0.39 is 10.0 Å². The predicted molar refractivity (Wildman–Crippen MR) is 86.3 cm³/mol. The lowest BCUT2D eigenvalue weighted by molar-refractivity contribution is -0.120. The van der Waals surface area contributed by atoms with Crippen LogP contribution in [0, 0.1) is 0 Å². The van der Waals surface area contributed by atoms with Gasteiger partial charge in [-0.25, -0.2) is 13.6 Å². The van der Waals surface area contributed by atoms with Crippen LogP contribution in [0.5, 0.6) is 5.75 Å². The van der Waals surface area contributed by atoms with Crippen LogP contribution in [0.15, 0.2) is 53.4 Å². The standard InChI is InChI=1S/C16H18N2O4S/c17-23(21,22)14-7-5-12(6-8-14)9-10-18-16(20)11-13-3-1-2-4-15(13)19/h1-8,19H,9-11H2,(H,18,20)(H2,17,21,22). The van der Waals surface area contributed by atoms with E-state index in [4.69, 9.17) is 5.14 Å². The summed E-state index contributed by atoms with van der Waals surface area (Å²) < 4.78 is 22.3. The Morgan fingerprint density at radius 1 is 1.09 bits per heavy atom. The fraction of sp³-hybridized carbons (Fsp3) is 0.188. The molecule has 0 saturated carbocycles. The van der Waals surface area contributed by atoms with Gasteiger partial charge in [0.25, 0.3) is 0 Å². The van der Waals surface area contributed by atoms with E-state index in [1.54, 1.807) is 30.3 Å². The Hall–Kier alpha value is -2.38. The van der Waals surface area contributed by atoms with E-state index in [9.17, 15) is 18.3 Å². The summed E-state index contributed by atoms with van der Waals surface area (Å²) in [6.07, 6.45) is 0.675. The maximum Gasteiger partial charge on any atom is 0.238 e. The Morgan fingerprint density at radius 3 is 2.35 bits per heavy atom. The van der Waals surface area contributed by atoms with Crippen molar-refractivity contribution in [3.05, 3.63) is 59.7 Å². The van der Waals surface area contributed by atoms with Gasteiger partial charge in [-0.15, -0.1) is 0 Å². The molecule has 0 aliphatic carbocycles. The number of para-hydroxylation sites is 1. The van der Waals surface area contributed by atoms with E-state index >= 15 is 0 Å². The largest absolute Gasteiger partial charge is 0.508 e. The fourth-order valence-corrected chi connectivity index (χ4v) is 2.60. The minimum absolute atomic E-state index is 0.0600. The summed E-state index contributed by atoms with van der Waals surface area (Å²) in [6, 6.07) is 12.9. The molecule has 0 aliphatic rings. The first-order chi connectivity index (χ1) is 10.9. The molecule has 2 rings (SSSR count). The summed E-state index contributed by atoms with van der Waals surface area (Å²) in [4.78, 5) is 11.9. The highest BCUT2D eigenvalue weighted by atomic mass is 32.2. The van der Waals surface area contributed by atoms with Gasteiger partial charge < -0.3 is 10.4 Å². The van der Waals surface area contributed by atoms with Crippen LogP contribution in [-0.4, -0.2) is 26.0 Å². The van der Waals surface area contributed by atoms with Crippen LogP contribution in [0.4, 0.5) is 0 Å². The van der Waals surface area contributed by atoms with Crippen LogP contribution in [0.3, 0.4) is 0 Å². The first-order valence-corrected chi connectivity index (χ1v) is 8.56. The number of phenolic OH excluding ortho intramolecular Hbond substituents is 1. The molecule has 0 saturated heterocycles. The molecule has 122 valence electrons. The number of sulfonamides is 1. The van der Waals surface area contributed by atoms with Gasteiger partial charge >= 0.3 is 0 Å². The van der Waals surface area contributed by atoms with Gasteiger partial charge in [-0.05, 0) is 30.2 Å². The monoisotopic (exact) mass is 334 g/mol. The molecule has 23 heavy (non-hydrogen) atoms. The van der Waals surface area contributed by atoms with Gasteiger partial charge in [0.15, 0.2) is 0 Å². The van der Waals surface area contributed by atoms with Crippen LogP contribution in [0.2, 0.25) is 0 Å². The number of hydrogen-bond donors (Lipinski definition) is 3. The Balaban J connectivity index is 1.83. The van der Waals surface area contributed by atoms with Gasteiger partial charge in [-0.1, -0.05) is 30.3 Å². The van der Waals surface area contributed by atoms with E-state index in [1.807, 2.05) is 0 Å². The van der Waals surface area contributed by atoms with Crippen molar-refractivity contribution in [1.29, 1.82) is 0 Å². The number of rotatable bonds is 6. The van der Waals surface area contributed by atoms with Crippen molar-refractivity contribution in [2.75, 3.05) is 6.54 Å². The minimum atomic E-state index is -3.69. The van der Waals surface area contributed by atoms with Crippen molar-refractivity contribution in [3.8, 4) is 5.75 Å². The molecule has 0 spiro atoms. The Labute approximate surface area is 135 Å². The topological polar surface area (TPSA) is 109 Å². The van der Waals surface area contributed by atoms with Crippen LogP contribution >= 0.6 is 0 Å². The highest BCUT2D eigenvalue weighted by Gasteiger charge is 2.08. The molecule has 7 heteroatoms. The third-order valence-corrected chi connectivity index (χ3v) is 4.26. The van der Waals surface area contributed by atoms with E-state index in [0.717, 1.165) is 5.56 Å². The number of benzene rings is 2. The first-order valence-electron chi connectivity index (χ1n) is 7.01. The van der Waals surface area contributed by atoms with E-state index in [1.165, 1.54) is 18.2 Å². The molecule has 0 aromatic heterocycles. The molecule has 0 fully saturated rings. The number of carbonyl (C=O) groups is 1. The molecule has 0 bridgehead atoms. The molecular weight excluding hydrogens is 316 g/mol. The van der Waals surface area contributed by atoms with Crippen molar-refractivity contribution in [2.45, 2.75) is 17.7 Å². The number of phenols is 1. The Kier molecular flexibility index (Phi) is 5.36. The molecule has 2 aromatic rings. The van der Waals surface area contributed by atoms with Gasteiger partial charge in [0.2, 0.25) is 15.9 Å². The van der Waals surface area contributed by atoms with E-state index in [2.05, 4.69) is 5.32 Å². The third-order valence-electron chi connectivity index (χ3n) is 3.33. The zero-order valence-electron chi connectivity index (χ0n) is 12.4. The molecule has 0 heterocycles. The summed E-state index contributed by atoms with van der Waals surface area (Å²) in [5, 5.41) is 17.4. The van der Waals surface area contributed by atoms with Gasteiger partial charge in [-0.2, -0.15) is 0 Å². The summed E-state index contributed by atoms with van der Waals surface area (Å²) in [6.45, 7) is 0.418. The maximum absolute atomic E-state index is 11.8. The van der Waals surface area contributed by atoms with Crippen LogP contribution < -0.4 is 10.5 Å². The average Bonchev–Trinajstić information content (AvgIpc) is 2.49. The van der Waals surface area contributed by atoms with Gasteiger partial charge in [-0.3, -0.25) is 4.79 Å². The molecule has 1 amide bonds. The third kappa shape index (κ3) is 5.08. The number of amides is 1. The molecular formula is C16H18N2O4S. The average molecular weight is 334 g/mol. The molecule has 0 radical (unpaired) electrons. The second-order valence-electron chi connectivity index (χ2n) is 5.09. The lowest BCUT2D eigenvalue weighted by Gasteiger charge is -2.07. The highest BCUT2D eigenvalue weighted by molar-refractivity contribution is 7.89. The van der Waals surface area contributed by atoms with Crippen molar-refractivity contribution >= 4 is 15.9 Å². The van der Waals surface area contributed by atoms with Crippen LogP contribution in [0.25, 0.3) is 0 Å². The van der Waals surface area contributed by atoms with Crippen molar-refractivity contribution in [2.24, 2.45) is 5.14 Å². The van der Waals surface area contributed by atoms with E-state index in [-0.39, 0.29) is 23.0 Å². The smallest absolute Gasteiger partial charge is 0.238 e. The molecule has 6 nitrogen and oxygen atoms in total. The number of nitrogens with one attached hydrogen (secondary N) is 1. The van der Waals surface area contributed by atoms with Crippen molar-refractivity contribution in [1.82, 2.24) is 5.32 Å². The lowest BCUT2D eigenvalue weighted by atomic mass is 10.1.